The maximum Gasteiger partial charge on any atom is 0.254 e. The van der Waals surface area contributed by atoms with E-state index in [9.17, 15) is 4.79 Å². The Morgan fingerprint density at radius 1 is 1.31 bits per heavy atom. The molecule has 3 rings (SSSR count). The van der Waals surface area contributed by atoms with Gasteiger partial charge in [-0.05, 0) is 25.0 Å². The number of morpholine rings is 1. The van der Waals surface area contributed by atoms with E-state index in [1.54, 1.807) is 13.3 Å². The lowest BCUT2D eigenvalue weighted by atomic mass is 10.1. The van der Waals surface area contributed by atoms with E-state index in [1.807, 2.05) is 31.2 Å². The molecule has 1 aromatic carbocycles. The van der Waals surface area contributed by atoms with Gasteiger partial charge in [0.1, 0.15) is 5.75 Å². The molecule has 1 saturated heterocycles. The van der Waals surface area contributed by atoms with Crippen molar-refractivity contribution in [1.29, 1.82) is 0 Å². The van der Waals surface area contributed by atoms with Gasteiger partial charge in [-0.2, -0.15) is 0 Å². The highest BCUT2D eigenvalue weighted by Gasteiger charge is 2.17. The van der Waals surface area contributed by atoms with Crippen LogP contribution in [0.1, 0.15) is 21.6 Å². The smallest absolute Gasteiger partial charge is 0.254 e. The molecule has 138 valence electrons. The van der Waals surface area contributed by atoms with Gasteiger partial charge in [-0.25, -0.2) is 9.97 Å². The van der Waals surface area contributed by atoms with Gasteiger partial charge in [0.2, 0.25) is 5.95 Å². The Kier molecular flexibility index (Phi) is 6.01. The zero-order valence-corrected chi connectivity index (χ0v) is 15.2. The lowest BCUT2D eigenvalue weighted by molar-refractivity contribution is 0.0952. The molecule has 26 heavy (non-hydrogen) atoms. The van der Waals surface area contributed by atoms with Gasteiger partial charge >= 0.3 is 0 Å². The average molecular weight is 356 g/mol. The van der Waals surface area contributed by atoms with Crippen molar-refractivity contribution in [1.82, 2.24) is 15.3 Å². The van der Waals surface area contributed by atoms with Crippen LogP contribution in [0.4, 0.5) is 5.95 Å². The van der Waals surface area contributed by atoms with Crippen LogP contribution in [0.3, 0.4) is 0 Å². The maximum absolute atomic E-state index is 12.4. The quantitative estimate of drug-likeness (QED) is 0.847. The number of benzene rings is 1. The molecular weight excluding hydrogens is 332 g/mol. The van der Waals surface area contributed by atoms with E-state index in [1.165, 1.54) is 0 Å². The SMILES string of the molecule is COc1ccccc1CCNC(=O)c1cnc(N2CCOCC2)nc1C. The number of nitrogens with one attached hydrogen (secondary N) is 1. The molecule has 1 fully saturated rings. The number of aryl methyl sites for hydroxylation is 1. The standard InChI is InChI=1S/C19H24N4O3/c1-14-16(13-21-19(22-14)23-9-11-26-12-10-23)18(24)20-8-7-15-5-3-4-6-17(15)25-2/h3-6,13H,7-12H2,1-2H3,(H,20,24). The summed E-state index contributed by atoms with van der Waals surface area (Å²) in [6.45, 7) is 5.24. The van der Waals surface area contributed by atoms with Crippen LogP contribution in [0.5, 0.6) is 5.75 Å². The molecule has 0 spiro atoms. The van der Waals surface area contributed by atoms with Crippen LogP contribution in [-0.2, 0) is 11.2 Å². The van der Waals surface area contributed by atoms with E-state index >= 15 is 0 Å². The molecule has 1 aliphatic heterocycles. The number of anilines is 1. The molecule has 2 heterocycles. The lowest BCUT2D eigenvalue weighted by Crippen LogP contribution is -2.37. The third kappa shape index (κ3) is 4.29. The molecular formula is C19H24N4O3. The molecule has 0 saturated carbocycles. The number of carbonyl (C=O) groups excluding carboxylic acids is 1. The second-order valence-corrected chi connectivity index (χ2v) is 6.09. The van der Waals surface area contributed by atoms with Crippen molar-refractivity contribution in [3.05, 3.63) is 47.3 Å². The highest BCUT2D eigenvalue weighted by atomic mass is 16.5. The summed E-state index contributed by atoms with van der Waals surface area (Å²) < 4.78 is 10.7. The third-order valence-corrected chi connectivity index (χ3v) is 4.38. The Hall–Kier alpha value is -2.67. The van der Waals surface area contributed by atoms with Gasteiger partial charge in [0.15, 0.2) is 0 Å². The summed E-state index contributed by atoms with van der Waals surface area (Å²) in [6.07, 6.45) is 2.30. The van der Waals surface area contributed by atoms with Gasteiger partial charge < -0.3 is 19.7 Å². The number of carbonyl (C=O) groups is 1. The Morgan fingerprint density at radius 2 is 2.08 bits per heavy atom. The molecule has 7 heteroatoms. The van der Waals surface area contributed by atoms with Gasteiger partial charge in [-0.15, -0.1) is 0 Å². The first-order valence-corrected chi connectivity index (χ1v) is 8.75. The van der Waals surface area contributed by atoms with E-state index in [-0.39, 0.29) is 5.91 Å². The van der Waals surface area contributed by atoms with Crippen molar-refractivity contribution in [3.63, 3.8) is 0 Å². The predicted molar refractivity (Wildman–Crippen MR) is 98.8 cm³/mol. The third-order valence-electron chi connectivity index (χ3n) is 4.38. The monoisotopic (exact) mass is 356 g/mol. The molecule has 7 nitrogen and oxygen atoms in total. The molecule has 1 aromatic heterocycles. The van der Waals surface area contributed by atoms with Crippen molar-refractivity contribution in [2.45, 2.75) is 13.3 Å². The zero-order valence-electron chi connectivity index (χ0n) is 15.2. The summed E-state index contributed by atoms with van der Waals surface area (Å²) >= 11 is 0. The molecule has 0 unspecified atom stereocenters. The van der Waals surface area contributed by atoms with Crippen LogP contribution in [0.25, 0.3) is 0 Å². The highest BCUT2D eigenvalue weighted by Crippen LogP contribution is 2.17. The first kappa shape index (κ1) is 18.1. The topological polar surface area (TPSA) is 76.6 Å². The predicted octanol–water partition coefficient (Wildman–Crippen LogP) is 1.60. The summed E-state index contributed by atoms with van der Waals surface area (Å²) in [7, 11) is 1.65. The summed E-state index contributed by atoms with van der Waals surface area (Å²) in [4.78, 5) is 23.4. The number of hydrogen-bond donors (Lipinski definition) is 1. The second-order valence-electron chi connectivity index (χ2n) is 6.09. The van der Waals surface area contributed by atoms with Crippen LogP contribution in [0.15, 0.2) is 30.5 Å². The van der Waals surface area contributed by atoms with Crippen molar-refractivity contribution in [2.24, 2.45) is 0 Å². The van der Waals surface area contributed by atoms with Gasteiger partial charge in [0.05, 0.1) is 31.6 Å². The van der Waals surface area contributed by atoms with Crippen LogP contribution >= 0.6 is 0 Å². The van der Waals surface area contributed by atoms with Gasteiger partial charge in [-0.1, -0.05) is 18.2 Å². The van der Waals surface area contributed by atoms with Crippen LogP contribution in [0, 0.1) is 6.92 Å². The van der Waals surface area contributed by atoms with E-state index < -0.39 is 0 Å². The second kappa shape index (κ2) is 8.62. The van der Waals surface area contributed by atoms with E-state index in [4.69, 9.17) is 9.47 Å². The fourth-order valence-corrected chi connectivity index (χ4v) is 2.91. The van der Waals surface area contributed by atoms with E-state index in [0.717, 1.165) is 24.4 Å². The molecule has 1 aliphatic rings. The Labute approximate surface area is 153 Å². The van der Waals surface area contributed by atoms with Crippen molar-refractivity contribution in [2.75, 3.05) is 44.9 Å². The van der Waals surface area contributed by atoms with Gasteiger partial charge in [0, 0.05) is 25.8 Å². The summed E-state index contributed by atoms with van der Waals surface area (Å²) in [5.74, 6) is 1.32. The van der Waals surface area contributed by atoms with Crippen LogP contribution in [0.2, 0.25) is 0 Å². The fraction of sp³-hybridized carbons (Fsp3) is 0.421. The lowest BCUT2D eigenvalue weighted by Gasteiger charge is -2.27. The molecule has 2 aromatic rings. The number of ether oxygens (including phenoxy) is 2. The van der Waals surface area contributed by atoms with Crippen molar-refractivity contribution in [3.8, 4) is 5.75 Å². The first-order chi connectivity index (χ1) is 12.7. The molecule has 1 N–H and O–H groups in total. The Morgan fingerprint density at radius 3 is 2.81 bits per heavy atom. The minimum atomic E-state index is -0.161. The highest BCUT2D eigenvalue weighted by molar-refractivity contribution is 5.95. The van der Waals surface area contributed by atoms with Crippen molar-refractivity contribution >= 4 is 11.9 Å². The number of methoxy groups -OCH3 is 1. The van der Waals surface area contributed by atoms with Gasteiger partial charge in [-0.3, -0.25) is 4.79 Å². The molecule has 0 aliphatic carbocycles. The minimum absolute atomic E-state index is 0.161. The van der Waals surface area contributed by atoms with Gasteiger partial charge in [0.25, 0.3) is 5.91 Å². The molecule has 0 atom stereocenters. The van der Waals surface area contributed by atoms with Crippen LogP contribution < -0.4 is 15.0 Å². The number of nitrogens with zero attached hydrogens (tertiary/aromatic N) is 3. The van der Waals surface area contributed by atoms with E-state index in [0.29, 0.717) is 43.4 Å². The maximum atomic E-state index is 12.4. The number of amides is 1. The first-order valence-electron chi connectivity index (χ1n) is 8.75. The van der Waals surface area contributed by atoms with Crippen molar-refractivity contribution < 1.29 is 14.3 Å². The molecule has 0 bridgehead atoms. The number of rotatable bonds is 6. The number of para-hydroxylation sites is 1. The molecule has 0 radical (unpaired) electrons. The fourth-order valence-electron chi connectivity index (χ4n) is 2.91. The number of hydrogen-bond acceptors (Lipinski definition) is 6. The zero-order chi connectivity index (χ0) is 18.4. The Balaban J connectivity index is 1.59. The van der Waals surface area contributed by atoms with E-state index in [2.05, 4.69) is 20.2 Å². The molecule has 1 amide bonds. The Bertz CT molecular complexity index is 760. The summed E-state index contributed by atoms with van der Waals surface area (Å²) in [5, 5.41) is 2.93. The number of aromatic nitrogens is 2. The average Bonchev–Trinajstić information content (AvgIpc) is 2.69. The van der Waals surface area contributed by atoms with Crippen LogP contribution in [-0.4, -0.2) is 55.8 Å². The minimum Gasteiger partial charge on any atom is -0.496 e. The summed E-state index contributed by atoms with van der Waals surface area (Å²) in [5.41, 5.74) is 2.24. The summed E-state index contributed by atoms with van der Waals surface area (Å²) in [6, 6.07) is 7.80. The normalized spacial score (nSPS) is 14.2. The largest absolute Gasteiger partial charge is 0.496 e.